The number of ether oxygens (including phenoxy) is 1. The molecule has 0 heterocycles. The molecular formula is C26H23NO. The second-order valence-corrected chi connectivity index (χ2v) is 6.67. The molecule has 0 aliphatic heterocycles. The number of para-hydroxylation sites is 1. The van der Waals surface area contributed by atoms with E-state index in [0.717, 1.165) is 28.0 Å². The fraction of sp³-hybridized carbons (Fsp3) is 0.0769. The number of hydrogen-bond acceptors (Lipinski definition) is 2. The van der Waals surface area contributed by atoms with Gasteiger partial charge < -0.3 is 10.1 Å². The van der Waals surface area contributed by atoms with E-state index in [1.54, 1.807) is 7.11 Å². The number of methoxy groups -OCH3 is 1. The van der Waals surface area contributed by atoms with Gasteiger partial charge in [0.15, 0.2) is 0 Å². The van der Waals surface area contributed by atoms with Crippen LogP contribution in [0.3, 0.4) is 0 Å². The summed E-state index contributed by atoms with van der Waals surface area (Å²) in [4.78, 5) is 0. The number of hydrogen-bond donors (Lipinski definition) is 1. The van der Waals surface area contributed by atoms with Crippen LogP contribution in [0.2, 0.25) is 0 Å². The molecule has 138 valence electrons. The lowest BCUT2D eigenvalue weighted by Crippen LogP contribution is -1.97. The van der Waals surface area contributed by atoms with Gasteiger partial charge in [0.1, 0.15) is 5.75 Å². The van der Waals surface area contributed by atoms with Crippen LogP contribution in [0.1, 0.15) is 5.56 Å². The number of benzene rings is 4. The molecule has 0 radical (unpaired) electrons. The average Bonchev–Trinajstić information content (AvgIpc) is 2.77. The van der Waals surface area contributed by atoms with Gasteiger partial charge in [-0.25, -0.2) is 0 Å². The molecule has 0 saturated carbocycles. The molecule has 0 spiro atoms. The van der Waals surface area contributed by atoms with Gasteiger partial charge in [-0.15, -0.1) is 0 Å². The van der Waals surface area contributed by atoms with E-state index >= 15 is 0 Å². The van der Waals surface area contributed by atoms with Crippen LogP contribution in [0.5, 0.6) is 5.75 Å². The molecule has 0 saturated heterocycles. The highest BCUT2D eigenvalue weighted by molar-refractivity contribution is 6.09. The van der Waals surface area contributed by atoms with E-state index in [0.29, 0.717) is 0 Å². The Bertz CT molecular complexity index is 1150. The van der Waals surface area contributed by atoms with Gasteiger partial charge in [0.25, 0.3) is 0 Å². The first-order valence-corrected chi connectivity index (χ1v) is 9.36. The largest absolute Gasteiger partial charge is 0.497 e. The van der Waals surface area contributed by atoms with Gasteiger partial charge >= 0.3 is 0 Å². The Morgan fingerprint density at radius 3 is 2.32 bits per heavy atom. The number of anilines is 1. The molecule has 0 amide bonds. The van der Waals surface area contributed by atoms with Crippen LogP contribution in [-0.2, 0) is 0 Å². The predicted molar refractivity (Wildman–Crippen MR) is 121 cm³/mol. The zero-order valence-electron chi connectivity index (χ0n) is 16.2. The van der Waals surface area contributed by atoms with Crippen molar-refractivity contribution in [2.75, 3.05) is 19.5 Å². The standard InChI is InChI=1S/C26H23NO/c1-4-18-16-20-14-15-21(28-3)17-23(20)26(19-10-6-5-7-11-19)25(18)22-12-8-9-13-24(22)27-2/h4-17,27H,1H2,2-3H3. The lowest BCUT2D eigenvalue weighted by molar-refractivity contribution is 0.415. The Hall–Kier alpha value is -3.52. The molecule has 4 aromatic rings. The van der Waals surface area contributed by atoms with E-state index in [9.17, 15) is 0 Å². The molecule has 0 aromatic heterocycles. The van der Waals surface area contributed by atoms with Crippen molar-refractivity contribution in [2.24, 2.45) is 0 Å². The van der Waals surface area contributed by atoms with Gasteiger partial charge in [0, 0.05) is 18.3 Å². The molecule has 0 atom stereocenters. The Kier molecular flexibility index (Phi) is 4.86. The Morgan fingerprint density at radius 2 is 1.61 bits per heavy atom. The average molecular weight is 365 g/mol. The Balaban J connectivity index is 2.20. The van der Waals surface area contributed by atoms with Crippen molar-refractivity contribution in [1.29, 1.82) is 0 Å². The Labute approximate surface area is 166 Å². The van der Waals surface area contributed by atoms with Crippen molar-refractivity contribution >= 4 is 22.5 Å². The third kappa shape index (κ3) is 3.03. The topological polar surface area (TPSA) is 21.3 Å². The third-order valence-corrected chi connectivity index (χ3v) is 5.13. The molecule has 4 rings (SSSR count). The zero-order chi connectivity index (χ0) is 19.5. The van der Waals surface area contributed by atoms with Crippen molar-refractivity contribution in [3.05, 3.63) is 91.0 Å². The van der Waals surface area contributed by atoms with Gasteiger partial charge in [-0.05, 0) is 57.3 Å². The first-order chi connectivity index (χ1) is 13.8. The maximum atomic E-state index is 5.53. The summed E-state index contributed by atoms with van der Waals surface area (Å²) in [6, 6.07) is 27.4. The van der Waals surface area contributed by atoms with E-state index in [2.05, 4.69) is 78.6 Å². The minimum atomic E-state index is 0.851. The molecule has 2 nitrogen and oxygen atoms in total. The predicted octanol–water partition coefficient (Wildman–Crippen LogP) is 6.87. The second-order valence-electron chi connectivity index (χ2n) is 6.67. The molecule has 28 heavy (non-hydrogen) atoms. The SMILES string of the molecule is C=Cc1cc2ccc(OC)cc2c(-c2ccccc2)c1-c1ccccc1NC. The van der Waals surface area contributed by atoms with Crippen molar-refractivity contribution in [1.82, 2.24) is 0 Å². The molecule has 0 bridgehead atoms. The van der Waals surface area contributed by atoms with Gasteiger partial charge in [-0.2, -0.15) is 0 Å². The van der Waals surface area contributed by atoms with Crippen molar-refractivity contribution in [3.63, 3.8) is 0 Å². The highest BCUT2D eigenvalue weighted by Crippen LogP contribution is 2.44. The summed E-state index contributed by atoms with van der Waals surface area (Å²) in [6.07, 6.45) is 1.94. The lowest BCUT2D eigenvalue weighted by Gasteiger charge is -2.20. The van der Waals surface area contributed by atoms with Crippen molar-refractivity contribution < 1.29 is 4.74 Å². The molecule has 0 unspecified atom stereocenters. The minimum absolute atomic E-state index is 0.851. The van der Waals surface area contributed by atoms with Gasteiger partial charge in [-0.1, -0.05) is 67.3 Å². The van der Waals surface area contributed by atoms with Crippen LogP contribution in [0.25, 0.3) is 39.1 Å². The van der Waals surface area contributed by atoms with E-state index < -0.39 is 0 Å². The highest BCUT2D eigenvalue weighted by Gasteiger charge is 2.18. The Morgan fingerprint density at radius 1 is 0.857 bits per heavy atom. The number of fused-ring (bicyclic) bond motifs is 1. The van der Waals surface area contributed by atoms with Crippen LogP contribution >= 0.6 is 0 Å². The molecule has 2 heteroatoms. The van der Waals surface area contributed by atoms with Gasteiger partial charge in [0.2, 0.25) is 0 Å². The zero-order valence-corrected chi connectivity index (χ0v) is 16.2. The van der Waals surface area contributed by atoms with Gasteiger partial charge in [-0.3, -0.25) is 0 Å². The molecule has 0 aliphatic rings. The smallest absolute Gasteiger partial charge is 0.119 e. The molecule has 1 N–H and O–H groups in total. The van der Waals surface area contributed by atoms with E-state index in [1.807, 2.05) is 25.3 Å². The van der Waals surface area contributed by atoms with Crippen molar-refractivity contribution in [3.8, 4) is 28.0 Å². The van der Waals surface area contributed by atoms with Crippen LogP contribution < -0.4 is 10.1 Å². The fourth-order valence-corrected chi connectivity index (χ4v) is 3.80. The minimum Gasteiger partial charge on any atom is -0.497 e. The van der Waals surface area contributed by atoms with Crippen molar-refractivity contribution in [2.45, 2.75) is 0 Å². The number of rotatable bonds is 5. The van der Waals surface area contributed by atoms with Crippen LogP contribution in [0, 0.1) is 0 Å². The maximum Gasteiger partial charge on any atom is 0.119 e. The lowest BCUT2D eigenvalue weighted by atomic mass is 9.85. The summed E-state index contributed by atoms with van der Waals surface area (Å²) in [6.45, 7) is 4.10. The first-order valence-electron chi connectivity index (χ1n) is 9.36. The van der Waals surface area contributed by atoms with Gasteiger partial charge in [0.05, 0.1) is 7.11 Å². The van der Waals surface area contributed by atoms with Crippen LogP contribution in [-0.4, -0.2) is 14.2 Å². The summed E-state index contributed by atoms with van der Waals surface area (Å²) in [5.74, 6) is 0.851. The summed E-state index contributed by atoms with van der Waals surface area (Å²) in [7, 11) is 3.66. The molecule has 4 aromatic carbocycles. The third-order valence-electron chi connectivity index (χ3n) is 5.13. The maximum absolute atomic E-state index is 5.53. The summed E-state index contributed by atoms with van der Waals surface area (Å²) in [5, 5.41) is 5.67. The highest BCUT2D eigenvalue weighted by atomic mass is 16.5. The second kappa shape index (κ2) is 7.61. The normalized spacial score (nSPS) is 10.6. The van der Waals surface area contributed by atoms with E-state index in [4.69, 9.17) is 4.74 Å². The van der Waals surface area contributed by atoms with Crippen LogP contribution in [0.4, 0.5) is 5.69 Å². The summed E-state index contributed by atoms with van der Waals surface area (Å²) >= 11 is 0. The summed E-state index contributed by atoms with van der Waals surface area (Å²) in [5.41, 5.74) is 6.89. The molecule has 0 fully saturated rings. The fourth-order valence-electron chi connectivity index (χ4n) is 3.80. The van der Waals surface area contributed by atoms with E-state index in [-0.39, 0.29) is 0 Å². The summed E-state index contributed by atoms with van der Waals surface area (Å²) < 4.78 is 5.53. The van der Waals surface area contributed by atoms with Crippen LogP contribution in [0.15, 0.2) is 85.4 Å². The van der Waals surface area contributed by atoms with E-state index in [1.165, 1.54) is 22.1 Å². The molecular weight excluding hydrogens is 342 g/mol. The quantitative estimate of drug-likeness (QED) is 0.417. The monoisotopic (exact) mass is 365 g/mol. The number of nitrogens with one attached hydrogen (secondary N) is 1. The molecule has 0 aliphatic carbocycles. The first kappa shape index (κ1) is 17.9.